The molecule has 0 aliphatic rings. The second-order valence-electron chi connectivity index (χ2n) is 3.21. The molecule has 0 fully saturated rings. The SMILES string of the molecule is COc1ccc(CNC(=O)CCS)c(Cl)c1. The predicted octanol–water partition coefficient (Wildman–Crippen LogP) is 2.28. The van der Waals surface area contributed by atoms with E-state index in [1.54, 1.807) is 13.2 Å². The lowest BCUT2D eigenvalue weighted by atomic mass is 10.2. The third kappa shape index (κ3) is 3.94. The molecule has 1 rings (SSSR count). The molecule has 1 aromatic carbocycles. The van der Waals surface area contributed by atoms with Gasteiger partial charge in [0.1, 0.15) is 5.75 Å². The number of ether oxygens (including phenoxy) is 1. The normalized spacial score (nSPS) is 9.94. The van der Waals surface area contributed by atoms with Crippen LogP contribution in [-0.4, -0.2) is 18.8 Å². The van der Waals surface area contributed by atoms with Crippen LogP contribution in [0.1, 0.15) is 12.0 Å². The lowest BCUT2D eigenvalue weighted by Gasteiger charge is -2.07. The second kappa shape index (κ2) is 6.66. The molecule has 0 saturated heterocycles. The van der Waals surface area contributed by atoms with E-state index in [1.807, 2.05) is 12.1 Å². The molecule has 0 aromatic heterocycles. The highest BCUT2D eigenvalue weighted by molar-refractivity contribution is 7.80. The van der Waals surface area contributed by atoms with E-state index >= 15 is 0 Å². The number of methoxy groups -OCH3 is 1. The summed E-state index contributed by atoms with van der Waals surface area (Å²) in [4.78, 5) is 11.2. The summed E-state index contributed by atoms with van der Waals surface area (Å²) in [6.07, 6.45) is 0.414. The summed E-state index contributed by atoms with van der Waals surface area (Å²) >= 11 is 10.0. The number of halogens is 1. The van der Waals surface area contributed by atoms with Crippen molar-refractivity contribution in [2.24, 2.45) is 0 Å². The number of rotatable bonds is 5. The zero-order chi connectivity index (χ0) is 12.0. The summed E-state index contributed by atoms with van der Waals surface area (Å²) in [6, 6.07) is 5.37. The number of carbonyl (C=O) groups is 1. The topological polar surface area (TPSA) is 38.3 Å². The summed E-state index contributed by atoms with van der Waals surface area (Å²) < 4.78 is 5.03. The minimum Gasteiger partial charge on any atom is -0.497 e. The molecule has 0 saturated carbocycles. The van der Waals surface area contributed by atoms with Crippen molar-refractivity contribution in [3.05, 3.63) is 28.8 Å². The van der Waals surface area contributed by atoms with Gasteiger partial charge in [0, 0.05) is 18.0 Å². The third-order valence-electron chi connectivity index (χ3n) is 2.08. The van der Waals surface area contributed by atoms with Crippen LogP contribution in [0.4, 0.5) is 0 Å². The summed E-state index contributed by atoms with van der Waals surface area (Å²) in [6.45, 7) is 0.426. The first-order chi connectivity index (χ1) is 7.67. The molecule has 3 nitrogen and oxygen atoms in total. The van der Waals surface area contributed by atoms with E-state index < -0.39 is 0 Å². The lowest BCUT2D eigenvalue weighted by molar-refractivity contribution is -0.120. The first kappa shape index (κ1) is 13.2. The maximum absolute atomic E-state index is 11.2. The van der Waals surface area contributed by atoms with Crippen molar-refractivity contribution < 1.29 is 9.53 Å². The van der Waals surface area contributed by atoms with Crippen molar-refractivity contribution >= 4 is 30.1 Å². The number of carbonyl (C=O) groups excluding carboxylic acids is 1. The maximum Gasteiger partial charge on any atom is 0.221 e. The molecule has 16 heavy (non-hydrogen) atoms. The number of hydrogen-bond donors (Lipinski definition) is 2. The van der Waals surface area contributed by atoms with E-state index in [4.69, 9.17) is 16.3 Å². The van der Waals surface area contributed by atoms with Gasteiger partial charge in [0.25, 0.3) is 0 Å². The number of thiol groups is 1. The molecular weight excluding hydrogens is 246 g/mol. The van der Waals surface area contributed by atoms with Gasteiger partial charge in [-0.2, -0.15) is 12.6 Å². The number of amides is 1. The van der Waals surface area contributed by atoms with Crippen molar-refractivity contribution in [1.82, 2.24) is 5.32 Å². The summed E-state index contributed by atoms with van der Waals surface area (Å²) in [5.74, 6) is 1.22. The third-order valence-corrected chi connectivity index (χ3v) is 2.65. The molecule has 1 N–H and O–H groups in total. The van der Waals surface area contributed by atoms with Gasteiger partial charge in [-0.15, -0.1) is 0 Å². The average molecular weight is 260 g/mol. The molecule has 0 spiro atoms. The second-order valence-corrected chi connectivity index (χ2v) is 4.06. The quantitative estimate of drug-likeness (QED) is 0.797. The van der Waals surface area contributed by atoms with E-state index in [2.05, 4.69) is 17.9 Å². The van der Waals surface area contributed by atoms with Crippen molar-refractivity contribution in [1.29, 1.82) is 0 Å². The predicted molar refractivity (Wildman–Crippen MR) is 68.3 cm³/mol. The maximum atomic E-state index is 11.2. The molecular formula is C11H14ClNO2S. The highest BCUT2D eigenvalue weighted by Gasteiger charge is 2.04. The van der Waals surface area contributed by atoms with Gasteiger partial charge in [-0.3, -0.25) is 4.79 Å². The van der Waals surface area contributed by atoms with Crippen LogP contribution in [0, 0.1) is 0 Å². The molecule has 0 aliphatic heterocycles. The Morgan fingerprint density at radius 3 is 2.88 bits per heavy atom. The molecule has 0 unspecified atom stereocenters. The minimum absolute atomic E-state index is 0.0260. The Kier molecular flexibility index (Phi) is 5.49. The van der Waals surface area contributed by atoms with Crippen molar-refractivity contribution in [2.45, 2.75) is 13.0 Å². The van der Waals surface area contributed by atoms with Crippen LogP contribution in [-0.2, 0) is 11.3 Å². The first-order valence-electron chi connectivity index (χ1n) is 4.87. The Balaban J connectivity index is 2.57. The molecule has 0 bridgehead atoms. The zero-order valence-corrected chi connectivity index (χ0v) is 10.6. The highest BCUT2D eigenvalue weighted by Crippen LogP contribution is 2.22. The Morgan fingerprint density at radius 2 is 2.31 bits per heavy atom. The van der Waals surface area contributed by atoms with Crippen LogP contribution in [0.2, 0.25) is 5.02 Å². The van der Waals surface area contributed by atoms with Crippen LogP contribution in [0.5, 0.6) is 5.75 Å². The molecule has 0 heterocycles. The Hall–Kier alpha value is -0.870. The molecule has 0 atom stereocenters. The van der Waals surface area contributed by atoms with Gasteiger partial charge < -0.3 is 10.1 Å². The fraction of sp³-hybridized carbons (Fsp3) is 0.364. The van der Waals surface area contributed by atoms with E-state index in [0.29, 0.717) is 29.5 Å². The number of benzene rings is 1. The van der Waals surface area contributed by atoms with E-state index in [-0.39, 0.29) is 5.91 Å². The van der Waals surface area contributed by atoms with E-state index in [9.17, 15) is 4.79 Å². The largest absolute Gasteiger partial charge is 0.497 e. The molecule has 1 amide bonds. The van der Waals surface area contributed by atoms with Gasteiger partial charge in [-0.25, -0.2) is 0 Å². The summed E-state index contributed by atoms with van der Waals surface area (Å²) in [5, 5.41) is 3.35. The van der Waals surface area contributed by atoms with Crippen LogP contribution >= 0.6 is 24.2 Å². The first-order valence-corrected chi connectivity index (χ1v) is 5.88. The summed E-state index contributed by atoms with van der Waals surface area (Å²) in [7, 11) is 1.58. The smallest absolute Gasteiger partial charge is 0.221 e. The lowest BCUT2D eigenvalue weighted by Crippen LogP contribution is -2.22. The van der Waals surface area contributed by atoms with Gasteiger partial charge >= 0.3 is 0 Å². The molecule has 5 heteroatoms. The van der Waals surface area contributed by atoms with Crippen LogP contribution < -0.4 is 10.1 Å². The molecule has 88 valence electrons. The van der Waals surface area contributed by atoms with Gasteiger partial charge in [0.2, 0.25) is 5.91 Å². The van der Waals surface area contributed by atoms with Crippen molar-refractivity contribution in [3.63, 3.8) is 0 Å². The van der Waals surface area contributed by atoms with E-state index in [0.717, 1.165) is 5.56 Å². The van der Waals surface area contributed by atoms with E-state index in [1.165, 1.54) is 0 Å². The minimum atomic E-state index is -0.0260. The number of nitrogens with one attached hydrogen (secondary N) is 1. The Labute approximate surface area is 106 Å². The fourth-order valence-electron chi connectivity index (χ4n) is 1.18. The summed E-state index contributed by atoms with van der Waals surface area (Å²) in [5.41, 5.74) is 0.870. The molecule has 0 radical (unpaired) electrons. The van der Waals surface area contributed by atoms with Gasteiger partial charge in [0.05, 0.1) is 7.11 Å². The van der Waals surface area contributed by atoms with Gasteiger partial charge in [-0.1, -0.05) is 17.7 Å². The van der Waals surface area contributed by atoms with Crippen LogP contribution in [0.3, 0.4) is 0 Å². The van der Waals surface area contributed by atoms with Crippen LogP contribution in [0.25, 0.3) is 0 Å². The monoisotopic (exact) mass is 259 g/mol. The highest BCUT2D eigenvalue weighted by atomic mass is 35.5. The van der Waals surface area contributed by atoms with Crippen molar-refractivity contribution in [2.75, 3.05) is 12.9 Å². The Bertz CT molecular complexity index is 371. The fourth-order valence-corrected chi connectivity index (χ4v) is 1.62. The van der Waals surface area contributed by atoms with Gasteiger partial charge in [0.15, 0.2) is 0 Å². The molecule has 1 aromatic rings. The Morgan fingerprint density at radius 1 is 1.56 bits per heavy atom. The van der Waals surface area contributed by atoms with Crippen LogP contribution in [0.15, 0.2) is 18.2 Å². The number of hydrogen-bond acceptors (Lipinski definition) is 3. The average Bonchev–Trinajstić information content (AvgIpc) is 2.27. The van der Waals surface area contributed by atoms with Gasteiger partial charge in [-0.05, 0) is 23.4 Å². The molecule has 0 aliphatic carbocycles. The standard InChI is InChI=1S/C11H14ClNO2S/c1-15-9-3-2-8(10(12)6-9)7-13-11(14)4-5-16/h2-3,6,16H,4-5,7H2,1H3,(H,13,14). The van der Waals surface area contributed by atoms with Crippen molar-refractivity contribution in [3.8, 4) is 5.75 Å². The zero-order valence-electron chi connectivity index (χ0n) is 9.00.